The molecule has 4 aromatic heterocycles. The summed E-state index contributed by atoms with van der Waals surface area (Å²) in [6, 6.07) is 16.3. The predicted octanol–water partition coefficient (Wildman–Crippen LogP) is 7.84. The summed E-state index contributed by atoms with van der Waals surface area (Å²) in [5, 5.41) is 39.5. The first kappa shape index (κ1) is 45.0. The molecule has 5 heterocycles. The third kappa shape index (κ3) is 9.32. The summed E-state index contributed by atoms with van der Waals surface area (Å²) in [5.74, 6) is 0.731. The molecular weight excluding hydrogens is 857 g/mol. The zero-order chi connectivity index (χ0) is 44.5. The molecule has 2 aromatic carbocycles. The van der Waals surface area contributed by atoms with Crippen LogP contribution in [0.2, 0.25) is 18.1 Å². The lowest BCUT2D eigenvalue weighted by atomic mass is 9.91. The smallest absolute Gasteiger partial charge is 0.349 e. The summed E-state index contributed by atoms with van der Waals surface area (Å²) in [6.07, 6.45) is 3.48. The maximum absolute atomic E-state index is 13.5. The highest BCUT2D eigenvalue weighted by atomic mass is 32.1. The van der Waals surface area contributed by atoms with Gasteiger partial charge in [-0.05, 0) is 110 Å². The number of phenols is 1. The van der Waals surface area contributed by atoms with Gasteiger partial charge in [-0.2, -0.15) is 0 Å². The Morgan fingerprint density at radius 3 is 2.40 bits per heavy atom. The normalized spacial score (nSPS) is 17.7. The van der Waals surface area contributed by atoms with Crippen LogP contribution in [0.1, 0.15) is 79.9 Å². The monoisotopic (exact) mass is 914 g/mol. The molecule has 0 spiro atoms. The third-order valence-corrected chi connectivity index (χ3v) is 19.4. The lowest BCUT2D eigenvalue weighted by molar-refractivity contribution is -0.169. The minimum Gasteiger partial charge on any atom is -0.506 e. The van der Waals surface area contributed by atoms with Gasteiger partial charge in [-0.3, -0.25) is 4.79 Å². The molecule has 17 heteroatoms. The number of ether oxygens (including phenoxy) is 3. The van der Waals surface area contributed by atoms with Gasteiger partial charge in [0.25, 0.3) is 0 Å². The number of aryl methyl sites for hydroxylation is 1. The van der Waals surface area contributed by atoms with Crippen molar-refractivity contribution in [3.8, 4) is 17.2 Å². The van der Waals surface area contributed by atoms with Crippen LogP contribution in [-0.2, 0) is 32.6 Å². The Kier molecular flexibility index (Phi) is 13.2. The molecule has 0 unspecified atom stereocenters. The van der Waals surface area contributed by atoms with Crippen LogP contribution >= 0.6 is 22.7 Å². The highest BCUT2D eigenvalue weighted by Gasteiger charge is 2.45. The van der Waals surface area contributed by atoms with E-state index < -0.39 is 19.9 Å². The summed E-state index contributed by atoms with van der Waals surface area (Å²) in [4.78, 5) is 32.0. The molecule has 8 rings (SSSR count). The number of nitrogens with one attached hydrogen (secondary N) is 2. The zero-order valence-corrected chi connectivity index (χ0v) is 39.4. The van der Waals surface area contributed by atoms with Crippen molar-refractivity contribution in [1.29, 1.82) is 0 Å². The van der Waals surface area contributed by atoms with Gasteiger partial charge in [-0.15, -0.1) is 27.8 Å². The number of esters is 1. The number of H-pyrrole nitrogens is 1. The molecule has 4 N–H and O–H groups in total. The number of carbonyl (C=O) groups excluding carboxylic acids is 1. The predicted molar refractivity (Wildman–Crippen MR) is 249 cm³/mol. The van der Waals surface area contributed by atoms with E-state index in [9.17, 15) is 19.8 Å². The minimum absolute atomic E-state index is 0.0119. The lowest BCUT2D eigenvalue weighted by Gasteiger charge is -2.39. The molecule has 63 heavy (non-hydrogen) atoms. The molecule has 336 valence electrons. The van der Waals surface area contributed by atoms with Crippen LogP contribution < -0.4 is 20.3 Å². The molecule has 1 saturated carbocycles. The molecule has 0 amide bonds. The molecule has 14 nitrogen and oxygen atoms in total. The van der Waals surface area contributed by atoms with Crippen molar-refractivity contribution in [3.63, 3.8) is 0 Å². The first-order valence-electron chi connectivity index (χ1n) is 21.7. The van der Waals surface area contributed by atoms with Crippen LogP contribution in [-0.4, -0.2) is 94.9 Å². The fraction of sp³-hybridized carbons (Fsp3) is 0.478. The van der Waals surface area contributed by atoms with E-state index >= 15 is 0 Å². The quantitative estimate of drug-likeness (QED) is 0.0549. The molecule has 1 atom stereocenters. The molecular formula is C46H58N6O8S2Si. The summed E-state index contributed by atoms with van der Waals surface area (Å²) in [6.45, 7) is 14.3. The number of aromatic hydroxyl groups is 1. The van der Waals surface area contributed by atoms with Gasteiger partial charge in [-0.1, -0.05) is 44.2 Å². The minimum atomic E-state index is -2.27. The Morgan fingerprint density at radius 1 is 1.03 bits per heavy atom. The molecule has 1 aliphatic carbocycles. The molecule has 6 aromatic rings. The number of thiophene rings is 2. The Hall–Kier alpha value is -4.62. The van der Waals surface area contributed by atoms with Crippen molar-refractivity contribution in [2.75, 3.05) is 33.4 Å². The first-order chi connectivity index (χ1) is 30.1. The third-order valence-electron chi connectivity index (χ3n) is 13.0. The van der Waals surface area contributed by atoms with E-state index in [1.54, 1.807) is 24.3 Å². The topological polar surface area (TPSA) is 173 Å². The van der Waals surface area contributed by atoms with Crippen LogP contribution in [0.4, 0.5) is 0 Å². The van der Waals surface area contributed by atoms with Gasteiger partial charge in [0.05, 0.1) is 21.4 Å². The SMILES string of the molecule is CN(CCCn1nnc2cc(CNC[C@H](O[Si](C)(C)C(C)(C)C)c3ccc(O)c4[nH]c(=O)ccc34)c3c(c21)OCCO3)[C@H]1CC[C@H](OC(=O)C(O)(c2cccs2)c2cccs2)CC1. The second kappa shape index (κ2) is 18.5. The van der Waals surface area contributed by atoms with E-state index in [1.807, 2.05) is 39.7 Å². The Balaban J connectivity index is 0.899. The molecule has 0 bridgehead atoms. The highest BCUT2D eigenvalue weighted by Crippen LogP contribution is 2.43. The number of rotatable bonds is 16. The van der Waals surface area contributed by atoms with Gasteiger partial charge in [0.2, 0.25) is 11.2 Å². The summed E-state index contributed by atoms with van der Waals surface area (Å²) in [5.41, 5.74) is 1.63. The molecule has 0 saturated heterocycles. The van der Waals surface area contributed by atoms with E-state index in [2.05, 4.69) is 66.4 Å². The van der Waals surface area contributed by atoms with Crippen LogP contribution in [0.25, 0.3) is 21.9 Å². The fourth-order valence-corrected chi connectivity index (χ4v) is 11.4. The number of benzene rings is 2. The summed E-state index contributed by atoms with van der Waals surface area (Å²) >= 11 is 2.70. The fourth-order valence-electron chi connectivity index (χ4n) is 8.42. The number of pyridine rings is 1. The van der Waals surface area contributed by atoms with Gasteiger partial charge < -0.3 is 44.1 Å². The molecule has 0 radical (unpaired) electrons. The number of phenolic OH excluding ortho intramolecular Hbond substituents is 1. The molecule has 1 fully saturated rings. The maximum Gasteiger partial charge on any atom is 0.349 e. The highest BCUT2D eigenvalue weighted by molar-refractivity contribution is 7.12. The van der Waals surface area contributed by atoms with Crippen molar-refractivity contribution in [2.45, 2.75) is 108 Å². The number of nitrogens with zero attached hydrogens (tertiary/aromatic N) is 4. The maximum atomic E-state index is 13.5. The van der Waals surface area contributed by atoms with Gasteiger partial charge >= 0.3 is 5.97 Å². The van der Waals surface area contributed by atoms with Crippen molar-refractivity contribution >= 4 is 58.9 Å². The van der Waals surface area contributed by atoms with Crippen molar-refractivity contribution in [1.82, 2.24) is 30.2 Å². The van der Waals surface area contributed by atoms with E-state index in [4.69, 9.17) is 18.6 Å². The molecule has 2 aliphatic rings. The van der Waals surface area contributed by atoms with Crippen LogP contribution in [0.5, 0.6) is 17.2 Å². The van der Waals surface area contributed by atoms with Crippen molar-refractivity contribution < 1.29 is 33.6 Å². The largest absolute Gasteiger partial charge is 0.506 e. The number of hydrogen-bond acceptors (Lipinski definition) is 14. The van der Waals surface area contributed by atoms with Crippen molar-refractivity contribution in [2.24, 2.45) is 0 Å². The zero-order valence-electron chi connectivity index (χ0n) is 36.8. The molecule has 1 aliphatic heterocycles. The standard InChI is InChI=1S/C46H58N6O8S2Si/c1-45(2,3)63(5,6)60-36(32-16-18-35(53)40-33(32)17-19-39(54)48-40)28-47-27-29-26-34-41(43-42(29)57-22-23-58-43)52(50-49-34)21-9-20-51(4)30-12-14-31(15-13-30)59-44(55)46(56,37-10-7-24-61-37)38-11-8-25-62-38/h7-8,10-11,16-19,24-26,30-31,36,47,53,56H,9,12-15,20-23,27-28H2,1-6H3,(H,48,54)/t30-,31-,36-/m0/s1. The Morgan fingerprint density at radius 2 is 1.73 bits per heavy atom. The number of aromatic nitrogens is 4. The van der Waals surface area contributed by atoms with Gasteiger partial charge in [0.1, 0.15) is 36.1 Å². The average Bonchev–Trinajstić information content (AvgIpc) is 4.08. The lowest BCUT2D eigenvalue weighted by Crippen LogP contribution is -2.43. The Labute approximate surface area is 376 Å². The van der Waals surface area contributed by atoms with E-state index in [0.717, 1.165) is 66.2 Å². The average molecular weight is 915 g/mol. The van der Waals surface area contributed by atoms with E-state index in [1.165, 1.54) is 28.7 Å². The first-order valence-corrected chi connectivity index (χ1v) is 26.4. The number of aliphatic hydroxyl groups is 1. The van der Waals surface area contributed by atoms with Crippen LogP contribution in [0.3, 0.4) is 0 Å². The number of carbonyl (C=O) groups is 1. The summed E-state index contributed by atoms with van der Waals surface area (Å²) < 4.78 is 27.5. The van der Waals surface area contributed by atoms with E-state index in [-0.39, 0.29) is 28.6 Å². The second-order valence-corrected chi connectivity index (χ2v) is 24.8. The van der Waals surface area contributed by atoms with Crippen LogP contribution in [0, 0.1) is 0 Å². The second-order valence-electron chi connectivity index (χ2n) is 18.2. The number of aromatic amines is 1. The van der Waals surface area contributed by atoms with E-state index in [0.29, 0.717) is 65.7 Å². The van der Waals surface area contributed by atoms with Gasteiger partial charge in [0.15, 0.2) is 19.8 Å². The summed E-state index contributed by atoms with van der Waals surface area (Å²) in [7, 11) is -0.127. The number of fused-ring (bicyclic) bond motifs is 4. The number of hydrogen-bond donors (Lipinski definition) is 4. The van der Waals surface area contributed by atoms with Crippen LogP contribution in [0.15, 0.2) is 70.2 Å². The van der Waals surface area contributed by atoms with Gasteiger partial charge in [0, 0.05) is 42.7 Å². The Bertz CT molecular complexity index is 2550. The van der Waals surface area contributed by atoms with Crippen molar-refractivity contribution in [3.05, 3.63) is 96.6 Å². The van der Waals surface area contributed by atoms with Gasteiger partial charge in [-0.25, -0.2) is 9.48 Å².